The van der Waals surface area contributed by atoms with Crippen LogP contribution in [0.2, 0.25) is 0 Å². The maximum absolute atomic E-state index is 12.6. The maximum atomic E-state index is 12.6. The number of hydrogen-bond acceptors (Lipinski definition) is 4. The van der Waals surface area contributed by atoms with Crippen molar-refractivity contribution in [1.29, 1.82) is 0 Å². The molecule has 7 nitrogen and oxygen atoms in total. The number of carbonyl (C=O) groups is 2. The molecular weight excluding hydrogens is 344 g/mol. The van der Waals surface area contributed by atoms with Crippen LogP contribution in [0.5, 0.6) is 5.75 Å². The maximum Gasteiger partial charge on any atom is 0.321 e. The van der Waals surface area contributed by atoms with E-state index in [0.717, 1.165) is 56.0 Å². The Labute approximate surface area is 161 Å². The Hall–Kier alpha value is -2.28. The van der Waals surface area contributed by atoms with E-state index in [1.54, 1.807) is 0 Å². The molecule has 0 spiro atoms. The second-order valence-electron chi connectivity index (χ2n) is 7.19. The van der Waals surface area contributed by atoms with E-state index in [4.69, 9.17) is 4.74 Å². The molecule has 3 amide bonds. The highest BCUT2D eigenvalue weighted by Gasteiger charge is 2.25. The lowest BCUT2D eigenvalue weighted by Crippen LogP contribution is -2.52. The fourth-order valence-electron chi connectivity index (χ4n) is 3.59. The SMILES string of the molecule is CCOc1ccc(NC(=O)N2CCN(CC(=O)N3CCCC3)CC2)c(C)c1. The molecule has 0 bridgehead atoms. The summed E-state index contributed by atoms with van der Waals surface area (Å²) >= 11 is 0. The molecule has 1 aromatic rings. The zero-order valence-corrected chi connectivity index (χ0v) is 16.4. The molecule has 0 unspecified atom stereocenters. The number of rotatable bonds is 5. The summed E-state index contributed by atoms with van der Waals surface area (Å²) < 4.78 is 5.48. The second kappa shape index (κ2) is 9.08. The number of carbonyl (C=O) groups excluding carboxylic acids is 2. The standard InChI is InChI=1S/C20H30N4O3/c1-3-27-17-6-7-18(16(2)14-17)21-20(26)24-12-10-22(11-13-24)15-19(25)23-8-4-5-9-23/h6-7,14H,3-5,8-13,15H2,1-2H3,(H,21,26). The summed E-state index contributed by atoms with van der Waals surface area (Å²) in [7, 11) is 0. The van der Waals surface area contributed by atoms with Crippen molar-refractivity contribution in [1.82, 2.24) is 14.7 Å². The van der Waals surface area contributed by atoms with Crippen LogP contribution in [0, 0.1) is 6.92 Å². The normalized spacial score (nSPS) is 17.9. The summed E-state index contributed by atoms with van der Waals surface area (Å²) in [5.41, 5.74) is 1.78. The molecule has 2 saturated heterocycles. The Kier molecular flexibility index (Phi) is 6.55. The molecule has 2 aliphatic rings. The van der Waals surface area contributed by atoms with E-state index in [0.29, 0.717) is 26.2 Å². The van der Waals surface area contributed by atoms with E-state index in [2.05, 4.69) is 10.2 Å². The van der Waals surface area contributed by atoms with E-state index in [9.17, 15) is 9.59 Å². The molecule has 1 N–H and O–H groups in total. The van der Waals surface area contributed by atoms with Gasteiger partial charge in [0.15, 0.2) is 0 Å². The van der Waals surface area contributed by atoms with Crippen molar-refractivity contribution in [2.75, 3.05) is 57.7 Å². The van der Waals surface area contributed by atoms with Gasteiger partial charge in [-0.25, -0.2) is 4.79 Å². The first-order valence-electron chi connectivity index (χ1n) is 9.86. The highest BCUT2D eigenvalue weighted by molar-refractivity contribution is 5.90. The van der Waals surface area contributed by atoms with Crippen LogP contribution in [0.1, 0.15) is 25.3 Å². The van der Waals surface area contributed by atoms with Gasteiger partial charge in [-0.05, 0) is 50.5 Å². The number of urea groups is 1. The van der Waals surface area contributed by atoms with Gasteiger partial charge < -0.3 is 19.9 Å². The van der Waals surface area contributed by atoms with Gasteiger partial charge in [-0.15, -0.1) is 0 Å². The molecule has 0 aromatic heterocycles. The average molecular weight is 374 g/mol. The number of amides is 3. The third kappa shape index (κ3) is 5.13. The molecule has 148 valence electrons. The fourth-order valence-corrected chi connectivity index (χ4v) is 3.59. The van der Waals surface area contributed by atoms with Crippen LogP contribution in [0.3, 0.4) is 0 Å². The van der Waals surface area contributed by atoms with E-state index >= 15 is 0 Å². The van der Waals surface area contributed by atoms with Crippen LogP contribution in [-0.2, 0) is 4.79 Å². The number of hydrogen-bond donors (Lipinski definition) is 1. The molecule has 0 atom stereocenters. The van der Waals surface area contributed by atoms with Gasteiger partial charge in [0.25, 0.3) is 0 Å². The van der Waals surface area contributed by atoms with Crippen molar-refractivity contribution in [3.63, 3.8) is 0 Å². The predicted molar refractivity (Wildman–Crippen MR) is 105 cm³/mol. The molecule has 1 aromatic carbocycles. The van der Waals surface area contributed by atoms with Gasteiger partial charge in [0.2, 0.25) is 5.91 Å². The molecule has 2 heterocycles. The fraction of sp³-hybridized carbons (Fsp3) is 0.600. The van der Waals surface area contributed by atoms with E-state index in [1.165, 1.54) is 0 Å². The molecule has 2 aliphatic heterocycles. The second-order valence-corrected chi connectivity index (χ2v) is 7.19. The van der Waals surface area contributed by atoms with Gasteiger partial charge in [-0.1, -0.05) is 0 Å². The van der Waals surface area contributed by atoms with Crippen molar-refractivity contribution in [3.8, 4) is 5.75 Å². The van der Waals surface area contributed by atoms with Crippen molar-refractivity contribution in [3.05, 3.63) is 23.8 Å². The minimum atomic E-state index is -0.0900. The average Bonchev–Trinajstić information content (AvgIpc) is 3.20. The van der Waals surface area contributed by atoms with Crippen LogP contribution in [0.15, 0.2) is 18.2 Å². The Morgan fingerprint density at radius 3 is 2.37 bits per heavy atom. The Bertz CT molecular complexity index is 665. The van der Waals surface area contributed by atoms with E-state index < -0.39 is 0 Å². The van der Waals surface area contributed by atoms with Crippen LogP contribution >= 0.6 is 0 Å². The zero-order valence-electron chi connectivity index (χ0n) is 16.4. The van der Waals surface area contributed by atoms with Gasteiger partial charge in [-0.3, -0.25) is 9.69 Å². The molecular formula is C20H30N4O3. The molecule has 0 aliphatic carbocycles. The van der Waals surface area contributed by atoms with Crippen LogP contribution < -0.4 is 10.1 Å². The summed E-state index contributed by atoms with van der Waals surface area (Å²) in [6, 6.07) is 5.59. The first-order valence-corrected chi connectivity index (χ1v) is 9.86. The third-order valence-corrected chi connectivity index (χ3v) is 5.23. The van der Waals surface area contributed by atoms with E-state index in [-0.39, 0.29) is 11.9 Å². The van der Waals surface area contributed by atoms with Gasteiger partial charge in [-0.2, -0.15) is 0 Å². The lowest BCUT2D eigenvalue weighted by Gasteiger charge is -2.35. The number of anilines is 1. The summed E-state index contributed by atoms with van der Waals surface area (Å²) in [5.74, 6) is 1.03. The quantitative estimate of drug-likeness (QED) is 0.858. The van der Waals surface area contributed by atoms with Crippen LogP contribution in [-0.4, -0.2) is 79.1 Å². The van der Waals surface area contributed by atoms with Gasteiger partial charge >= 0.3 is 6.03 Å². The van der Waals surface area contributed by atoms with Crippen molar-refractivity contribution < 1.29 is 14.3 Å². The van der Waals surface area contributed by atoms with Crippen LogP contribution in [0.4, 0.5) is 10.5 Å². The predicted octanol–water partition coefficient (Wildman–Crippen LogP) is 2.17. The molecule has 27 heavy (non-hydrogen) atoms. The molecule has 3 rings (SSSR count). The van der Waals surface area contributed by atoms with Gasteiger partial charge in [0.1, 0.15) is 5.75 Å². The Balaban J connectivity index is 1.46. The van der Waals surface area contributed by atoms with Crippen molar-refractivity contribution >= 4 is 17.6 Å². The highest BCUT2D eigenvalue weighted by atomic mass is 16.5. The Morgan fingerprint density at radius 2 is 1.74 bits per heavy atom. The van der Waals surface area contributed by atoms with Crippen molar-refractivity contribution in [2.45, 2.75) is 26.7 Å². The first kappa shape index (κ1) is 19.5. The van der Waals surface area contributed by atoms with Crippen molar-refractivity contribution in [2.24, 2.45) is 0 Å². The number of likely N-dealkylation sites (tertiary alicyclic amines) is 1. The number of benzene rings is 1. The Morgan fingerprint density at radius 1 is 1.04 bits per heavy atom. The third-order valence-electron chi connectivity index (χ3n) is 5.23. The largest absolute Gasteiger partial charge is 0.494 e. The van der Waals surface area contributed by atoms with Gasteiger partial charge in [0, 0.05) is 45.0 Å². The summed E-state index contributed by atoms with van der Waals surface area (Å²) in [4.78, 5) is 30.7. The van der Waals surface area contributed by atoms with Gasteiger partial charge in [0.05, 0.1) is 13.2 Å². The topological polar surface area (TPSA) is 65.1 Å². The number of ether oxygens (including phenoxy) is 1. The summed E-state index contributed by atoms with van der Waals surface area (Å²) in [6.45, 7) is 9.51. The molecule has 7 heteroatoms. The highest BCUT2D eigenvalue weighted by Crippen LogP contribution is 2.22. The summed E-state index contributed by atoms with van der Waals surface area (Å²) in [6.07, 6.45) is 2.23. The molecule has 2 fully saturated rings. The lowest BCUT2D eigenvalue weighted by molar-refractivity contribution is -0.131. The van der Waals surface area contributed by atoms with Crippen LogP contribution in [0.25, 0.3) is 0 Å². The monoisotopic (exact) mass is 374 g/mol. The molecule has 0 saturated carbocycles. The number of piperazine rings is 1. The number of aryl methyl sites for hydroxylation is 1. The number of nitrogens with one attached hydrogen (secondary N) is 1. The first-order chi connectivity index (χ1) is 13.1. The number of nitrogens with zero attached hydrogens (tertiary/aromatic N) is 3. The van der Waals surface area contributed by atoms with E-state index in [1.807, 2.05) is 41.8 Å². The smallest absolute Gasteiger partial charge is 0.321 e. The zero-order chi connectivity index (χ0) is 19.2. The summed E-state index contributed by atoms with van der Waals surface area (Å²) in [5, 5.41) is 2.99. The molecule has 0 radical (unpaired) electrons. The lowest BCUT2D eigenvalue weighted by atomic mass is 10.2. The minimum absolute atomic E-state index is 0.0900. The minimum Gasteiger partial charge on any atom is -0.494 e.